The zero-order valence-electron chi connectivity index (χ0n) is 16.2. The van der Waals surface area contributed by atoms with E-state index in [1.165, 1.54) is 6.07 Å². The van der Waals surface area contributed by atoms with Gasteiger partial charge in [-0.25, -0.2) is 13.6 Å². The smallest absolute Gasteiger partial charge is 0.431 e. The van der Waals surface area contributed by atoms with E-state index in [4.69, 9.17) is 28.3 Å². The van der Waals surface area contributed by atoms with Crippen molar-refractivity contribution in [1.82, 2.24) is 0 Å². The topological polar surface area (TPSA) is 52.6 Å². The summed E-state index contributed by atoms with van der Waals surface area (Å²) in [5.41, 5.74) is 1.81. The average Bonchev–Trinajstić information content (AvgIpc) is 2.66. The van der Waals surface area contributed by atoms with E-state index in [0.29, 0.717) is 16.7 Å². The number of ether oxygens (including phenoxy) is 2. The zero-order chi connectivity index (χ0) is 23.1. The summed E-state index contributed by atoms with van der Waals surface area (Å²) in [5.74, 6) is -6.58. The molecule has 0 spiro atoms. The molecule has 1 aromatic rings. The van der Waals surface area contributed by atoms with Crippen LogP contribution in [-0.2, 0) is 33.2 Å². The summed E-state index contributed by atoms with van der Waals surface area (Å²) >= 11 is 0. The zero-order valence-corrected chi connectivity index (χ0v) is 16.2. The maximum atomic E-state index is 13.0. The van der Waals surface area contributed by atoms with Crippen molar-refractivity contribution in [1.29, 1.82) is 0 Å². The van der Waals surface area contributed by atoms with E-state index >= 15 is 0 Å². The molecule has 0 amide bonds. The van der Waals surface area contributed by atoms with Gasteiger partial charge in [-0.3, -0.25) is 4.79 Å². The molecule has 1 aromatic carbocycles. The Hall–Kier alpha value is -2.00. The van der Waals surface area contributed by atoms with Crippen LogP contribution < -0.4 is 0 Å². The number of hydrogen-bond acceptors (Lipinski definition) is 4. The summed E-state index contributed by atoms with van der Waals surface area (Å²) in [5, 5.41) is 0. The maximum Gasteiger partial charge on any atom is 0.431 e. The fourth-order valence-corrected chi connectivity index (χ4v) is 2.63. The minimum atomic E-state index is -5.42. The van der Waals surface area contributed by atoms with E-state index in [1.807, 2.05) is 0 Å². The number of rotatable bonds is 10. The second-order valence-electron chi connectivity index (χ2n) is 6.50. The van der Waals surface area contributed by atoms with Crippen molar-refractivity contribution in [3.05, 3.63) is 34.4 Å². The molecule has 0 aromatic heterocycles. The van der Waals surface area contributed by atoms with E-state index in [2.05, 4.69) is 4.74 Å². The quantitative estimate of drug-likeness (QED) is 0.250. The third-order valence-corrected chi connectivity index (χ3v) is 4.05. The average molecular weight is 426 g/mol. The second kappa shape index (κ2) is 10.9. The highest BCUT2D eigenvalue weighted by Crippen LogP contribution is 2.34. The Morgan fingerprint density at radius 3 is 2.13 bits per heavy atom. The lowest BCUT2D eigenvalue weighted by atomic mass is 9.81. The molecule has 0 saturated carbocycles. The minimum Gasteiger partial charge on any atom is -0.462 e. The van der Waals surface area contributed by atoms with Gasteiger partial charge >= 0.3 is 18.1 Å². The van der Waals surface area contributed by atoms with Gasteiger partial charge in [-0.1, -0.05) is 36.2 Å². The molecule has 1 rings (SSSR count). The van der Waals surface area contributed by atoms with Crippen molar-refractivity contribution in [3.8, 4) is 0 Å². The van der Waals surface area contributed by atoms with E-state index in [0.717, 1.165) is 0 Å². The van der Waals surface area contributed by atoms with Crippen LogP contribution in [0.3, 0.4) is 0 Å². The SMILES string of the molecule is [B]Cc1cc(C[B])c(C[B])c(C(=O)OCCCC(=O)OC(C(C)(F)F)C(F)(F)F)c1. The lowest BCUT2D eigenvalue weighted by Gasteiger charge is -2.25. The summed E-state index contributed by atoms with van der Waals surface area (Å²) in [4.78, 5) is 23.8. The molecule has 0 aliphatic heterocycles. The Bertz CT molecular complexity index is 737. The number of carbonyl (C=O) groups excluding carboxylic acids is 2. The highest BCUT2D eigenvalue weighted by Gasteiger charge is 2.56. The van der Waals surface area contributed by atoms with E-state index in [-0.39, 0.29) is 44.5 Å². The molecular weight excluding hydrogens is 408 g/mol. The predicted octanol–water partition coefficient (Wildman–Crippen LogP) is 2.76. The fraction of sp³-hybridized carbons (Fsp3) is 0.556. The van der Waals surface area contributed by atoms with Gasteiger partial charge in [-0.15, -0.1) is 0 Å². The number of halogens is 5. The molecule has 1 atom stereocenters. The van der Waals surface area contributed by atoms with Gasteiger partial charge in [0.25, 0.3) is 12.0 Å². The molecule has 0 fully saturated rings. The Kier molecular flexibility index (Phi) is 9.43. The van der Waals surface area contributed by atoms with E-state index in [9.17, 15) is 31.5 Å². The predicted molar refractivity (Wildman–Crippen MR) is 101 cm³/mol. The first-order valence-electron chi connectivity index (χ1n) is 8.91. The Morgan fingerprint density at radius 1 is 1.03 bits per heavy atom. The molecule has 0 aliphatic rings. The summed E-state index contributed by atoms with van der Waals surface area (Å²) in [6.45, 7) is -0.359. The van der Waals surface area contributed by atoms with Crippen molar-refractivity contribution < 1.29 is 41.0 Å². The van der Waals surface area contributed by atoms with Crippen LogP contribution in [-0.4, -0.2) is 60.3 Å². The number of hydrogen-bond donors (Lipinski definition) is 0. The monoisotopic (exact) mass is 426 g/mol. The minimum absolute atomic E-state index is 0.000301. The Morgan fingerprint density at radius 2 is 1.67 bits per heavy atom. The van der Waals surface area contributed by atoms with Crippen molar-refractivity contribution in [2.75, 3.05) is 6.61 Å². The summed E-state index contributed by atoms with van der Waals surface area (Å²) < 4.78 is 72.7. The molecule has 0 aliphatic carbocycles. The lowest BCUT2D eigenvalue weighted by Crippen LogP contribution is -2.46. The Labute approximate surface area is 175 Å². The number of alkyl halides is 5. The number of benzene rings is 1. The van der Waals surface area contributed by atoms with Crippen molar-refractivity contribution in [2.24, 2.45) is 0 Å². The molecule has 6 radical (unpaired) electrons. The summed E-state index contributed by atoms with van der Waals surface area (Å²) in [7, 11) is 16.9. The van der Waals surface area contributed by atoms with Gasteiger partial charge in [0.05, 0.1) is 35.7 Å². The summed E-state index contributed by atoms with van der Waals surface area (Å²) in [6.07, 6.45) is -9.63. The highest BCUT2D eigenvalue weighted by molar-refractivity contribution is 6.12. The van der Waals surface area contributed by atoms with Crippen molar-refractivity contribution >= 4 is 35.5 Å². The van der Waals surface area contributed by atoms with Crippen LogP contribution in [0.2, 0.25) is 0 Å². The van der Waals surface area contributed by atoms with Gasteiger partial charge < -0.3 is 9.47 Å². The molecular formula is C18H18B3F5O4. The number of esters is 2. The molecule has 0 N–H and O–H groups in total. The van der Waals surface area contributed by atoms with Crippen LogP contribution in [0, 0.1) is 0 Å². The van der Waals surface area contributed by atoms with Gasteiger partial charge in [0, 0.05) is 13.3 Å². The van der Waals surface area contributed by atoms with Crippen LogP contribution in [0.5, 0.6) is 0 Å². The fourth-order valence-electron chi connectivity index (χ4n) is 2.63. The Balaban J connectivity index is 2.69. The first-order chi connectivity index (χ1) is 13.8. The third kappa shape index (κ3) is 7.36. The standard InChI is InChI=1S/C18H18B3F5O4/c1-17(22,23)16(18(24,25)26)30-14(27)3-2-4-29-15(28)12-6-10(7-19)5-11(8-20)13(12)9-21/h5-6,16H,2-4,7-9H2,1H3. The molecule has 158 valence electrons. The number of carbonyl (C=O) groups is 2. The molecule has 12 heteroatoms. The van der Waals surface area contributed by atoms with Crippen molar-refractivity contribution in [3.63, 3.8) is 0 Å². The molecule has 0 bridgehead atoms. The normalized spacial score (nSPS) is 13.0. The third-order valence-electron chi connectivity index (χ3n) is 4.05. The van der Waals surface area contributed by atoms with Crippen LogP contribution in [0.15, 0.2) is 12.1 Å². The first kappa shape index (κ1) is 26.0. The molecule has 0 heterocycles. The van der Waals surface area contributed by atoms with Crippen molar-refractivity contribution in [2.45, 2.75) is 56.9 Å². The highest BCUT2D eigenvalue weighted by atomic mass is 19.4. The maximum absolute atomic E-state index is 13.0. The van der Waals surface area contributed by atoms with Crippen LogP contribution >= 0.6 is 0 Å². The van der Waals surface area contributed by atoms with Gasteiger partial charge in [-0.05, 0) is 18.1 Å². The molecule has 0 saturated heterocycles. The van der Waals surface area contributed by atoms with Gasteiger partial charge in [0.2, 0.25) is 0 Å². The van der Waals surface area contributed by atoms with Crippen LogP contribution in [0.25, 0.3) is 0 Å². The van der Waals surface area contributed by atoms with Gasteiger partial charge in [0.1, 0.15) is 0 Å². The van der Waals surface area contributed by atoms with Gasteiger partial charge in [-0.2, -0.15) is 13.2 Å². The van der Waals surface area contributed by atoms with Crippen LogP contribution in [0.1, 0.15) is 46.8 Å². The molecule has 30 heavy (non-hydrogen) atoms. The lowest BCUT2D eigenvalue weighted by molar-refractivity contribution is -0.273. The summed E-state index contributed by atoms with van der Waals surface area (Å²) in [6, 6.07) is 3.19. The van der Waals surface area contributed by atoms with E-state index < -0.39 is 36.6 Å². The molecule has 4 nitrogen and oxygen atoms in total. The second-order valence-corrected chi connectivity index (χ2v) is 6.50. The van der Waals surface area contributed by atoms with Gasteiger partial charge in [0.15, 0.2) is 0 Å². The van der Waals surface area contributed by atoms with Crippen LogP contribution in [0.4, 0.5) is 22.0 Å². The molecule has 1 unspecified atom stereocenters. The van der Waals surface area contributed by atoms with E-state index in [1.54, 1.807) is 6.07 Å². The first-order valence-corrected chi connectivity index (χ1v) is 8.91. The largest absolute Gasteiger partial charge is 0.462 e.